The highest BCUT2D eigenvalue weighted by atomic mass is 35.5. The topological polar surface area (TPSA) is 50.7 Å². The third kappa shape index (κ3) is 4.90. The summed E-state index contributed by atoms with van der Waals surface area (Å²) in [5, 5.41) is 6.23. The molecular formula is C26H25Cl2FN4. The highest BCUT2D eigenvalue weighted by Crippen LogP contribution is 2.40. The molecule has 2 heterocycles. The van der Waals surface area contributed by atoms with Crippen molar-refractivity contribution in [2.45, 2.75) is 51.0 Å². The molecule has 1 saturated carbocycles. The lowest BCUT2D eigenvalue weighted by molar-refractivity contribution is 0.302. The molecule has 4 nitrogen and oxygen atoms in total. The van der Waals surface area contributed by atoms with Crippen LogP contribution < -0.4 is 5.32 Å². The lowest BCUT2D eigenvalue weighted by atomic mass is 9.76. The number of nitrogens with zero attached hydrogens (tertiary/aromatic N) is 3. The summed E-state index contributed by atoms with van der Waals surface area (Å²) in [5.41, 5.74) is 2.83. The van der Waals surface area contributed by atoms with Crippen LogP contribution in [0.15, 0.2) is 48.7 Å². The summed E-state index contributed by atoms with van der Waals surface area (Å²) >= 11 is 12.3. The van der Waals surface area contributed by atoms with E-state index in [9.17, 15) is 4.39 Å². The fourth-order valence-corrected chi connectivity index (χ4v) is 5.52. The number of halogens is 3. The van der Waals surface area contributed by atoms with Gasteiger partial charge in [-0.2, -0.15) is 0 Å². The van der Waals surface area contributed by atoms with Crippen molar-refractivity contribution in [3.8, 4) is 0 Å². The van der Waals surface area contributed by atoms with Crippen LogP contribution in [0.3, 0.4) is 0 Å². The number of fused-ring (bicyclic) bond motifs is 2. The second-order valence-corrected chi connectivity index (χ2v) is 9.84. The summed E-state index contributed by atoms with van der Waals surface area (Å²) in [7, 11) is 0. The fourth-order valence-electron chi connectivity index (χ4n) is 5.18. The minimum Gasteiger partial charge on any atom is -0.367 e. The van der Waals surface area contributed by atoms with Crippen molar-refractivity contribution in [2.75, 3.05) is 5.32 Å². The van der Waals surface area contributed by atoms with Crippen LogP contribution >= 0.6 is 23.2 Å². The molecule has 0 aliphatic heterocycles. The maximum absolute atomic E-state index is 13.9. The van der Waals surface area contributed by atoms with Crippen molar-refractivity contribution in [1.29, 1.82) is 0 Å². The maximum atomic E-state index is 13.9. The van der Waals surface area contributed by atoms with Gasteiger partial charge >= 0.3 is 0 Å². The average Bonchev–Trinajstić information content (AvgIpc) is 2.78. The van der Waals surface area contributed by atoms with E-state index in [2.05, 4.69) is 33.3 Å². The van der Waals surface area contributed by atoms with Gasteiger partial charge in [-0.05, 0) is 110 Å². The highest BCUT2D eigenvalue weighted by Gasteiger charge is 2.25. The van der Waals surface area contributed by atoms with E-state index in [1.54, 1.807) is 18.2 Å². The summed E-state index contributed by atoms with van der Waals surface area (Å²) in [6.07, 6.45) is 7.40. The summed E-state index contributed by atoms with van der Waals surface area (Å²) < 4.78 is 13.9. The van der Waals surface area contributed by atoms with Gasteiger partial charge in [0.05, 0.1) is 11.0 Å². The summed E-state index contributed by atoms with van der Waals surface area (Å²) in [5.74, 6) is 1.62. The Hall–Kier alpha value is -2.50. The van der Waals surface area contributed by atoms with Gasteiger partial charge in [-0.1, -0.05) is 11.6 Å². The van der Waals surface area contributed by atoms with E-state index in [1.807, 2.05) is 18.3 Å². The zero-order valence-corrected chi connectivity index (χ0v) is 19.9. The third-order valence-corrected chi connectivity index (χ3v) is 7.13. The molecule has 0 spiro atoms. The van der Waals surface area contributed by atoms with Gasteiger partial charge in [-0.3, -0.25) is 4.98 Å². The van der Waals surface area contributed by atoms with Gasteiger partial charge in [-0.25, -0.2) is 14.4 Å². The predicted octanol–water partition coefficient (Wildman–Crippen LogP) is 7.79. The molecule has 2 aromatic heterocycles. The van der Waals surface area contributed by atoms with E-state index >= 15 is 0 Å². The lowest BCUT2D eigenvalue weighted by Crippen LogP contribution is -2.23. The molecule has 2 aromatic carbocycles. The molecule has 1 aliphatic rings. The second kappa shape index (κ2) is 9.40. The number of hydrogen-bond acceptors (Lipinski definition) is 4. The average molecular weight is 483 g/mol. The van der Waals surface area contributed by atoms with Crippen molar-refractivity contribution in [2.24, 2.45) is 5.92 Å². The van der Waals surface area contributed by atoms with Crippen molar-refractivity contribution in [3.05, 3.63) is 70.3 Å². The zero-order chi connectivity index (χ0) is 22.9. The quantitative estimate of drug-likeness (QED) is 0.295. The molecule has 1 aliphatic carbocycles. The van der Waals surface area contributed by atoms with Gasteiger partial charge in [0.1, 0.15) is 11.6 Å². The predicted molar refractivity (Wildman–Crippen MR) is 134 cm³/mol. The molecule has 0 radical (unpaired) electrons. The Balaban J connectivity index is 1.24. The Bertz CT molecular complexity index is 1300. The van der Waals surface area contributed by atoms with Crippen LogP contribution in [0.4, 0.5) is 10.2 Å². The van der Waals surface area contributed by atoms with E-state index in [4.69, 9.17) is 23.2 Å². The highest BCUT2D eigenvalue weighted by molar-refractivity contribution is 6.31. The first kappa shape index (κ1) is 22.3. The standard InChI is InChI=1S/C26H25Cl2FN4/c1-15(31-25-21-8-6-18(27)13-24(21)32-26(28)33-25)12-16-2-4-17(5-3-16)20-10-11-30-23-9-7-19(29)14-22(20)23/h6-11,13-17H,2-5,12H2,1H3,(H,31,32,33)/t15-,16-,17+/m1/s1. The van der Waals surface area contributed by atoms with Gasteiger partial charge in [0.25, 0.3) is 0 Å². The molecule has 1 fully saturated rings. The second-order valence-electron chi connectivity index (χ2n) is 9.06. The largest absolute Gasteiger partial charge is 0.367 e. The molecule has 0 saturated heterocycles. The van der Waals surface area contributed by atoms with E-state index in [0.29, 0.717) is 16.9 Å². The van der Waals surface area contributed by atoms with Gasteiger partial charge in [0.2, 0.25) is 5.28 Å². The first-order chi connectivity index (χ1) is 16.0. The van der Waals surface area contributed by atoms with Crippen LogP contribution in [-0.2, 0) is 0 Å². The lowest BCUT2D eigenvalue weighted by Gasteiger charge is -2.31. The number of rotatable bonds is 5. The van der Waals surface area contributed by atoms with Crippen molar-refractivity contribution >= 4 is 50.8 Å². The molecular weight excluding hydrogens is 458 g/mol. The molecule has 4 aromatic rings. The number of anilines is 1. The summed E-state index contributed by atoms with van der Waals surface area (Å²) in [6.45, 7) is 2.18. The number of hydrogen-bond donors (Lipinski definition) is 1. The SMILES string of the molecule is C[C@H](C[C@H]1CC[C@@H](c2ccnc3ccc(F)cc32)CC1)Nc1nc(Cl)nc2cc(Cl)ccc12. The smallest absolute Gasteiger partial charge is 0.224 e. The molecule has 33 heavy (non-hydrogen) atoms. The molecule has 7 heteroatoms. The number of aromatic nitrogens is 3. The van der Waals surface area contributed by atoms with Crippen molar-refractivity contribution in [3.63, 3.8) is 0 Å². The number of benzene rings is 2. The van der Waals surface area contributed by atoms with E-state index < -0.39 is 0 Å². The summed E-state index contributed by atoms with van der Waals surface area (Å²) in [4.78, 5) is 13.1. The van der Waals surface area contributed by atoms with Gasteiger partial charge in [0, 0.05) is 28.0 Å². The first-order valence-electron chi connectivity index (χ1n) is 11.4. The molecule has 0 unspecified atom stereocenters. The monoisotopic (exact) mass is 482 g/mol. The Morgan fingerprint density at radius 2 is 1.79 bits per heavy atom. The van der Waals surface area contributed by atoms with Gasteiger partial charge in [0.15, 0.2) is 0 Å². The molecule has 0 amide bonds. The zero-order valence-electron chi connectivity index (χ0n) is 18.4. The Labute approximate surface area is 202 Å². The molecule has 1 N–H and O–H groups in total. The molecule has 5 rings (SSSR count). The number of pyridine rings is 1. The van der Waals surface area contributed by atoms with Crippen LogP contribution in [0, 0.1) is 11.7 Å². The van der Waals surface area contributed by atoms with E-state index in [0.717, 1.165) is 59.7 Å². The van der Waals surface area contributed by atoms with E-state index in [1.165, 1.54) is 11.6 Å². The first-order valence-corrected chi connectivity index (χ1v) is 12.2. The Morgan fingerprint density at radius 3 is 2.61 bits per heavy atom. The fraction of sp³-hybridized carbons (Fsp3) is 0.346. The van der Waals surface area contributed by atoms with Crippen LogP contribution in [0.25, 0.3) is 21.8 Å². The minimum atomic E-state index is -0.204. The third-order valence-electron chi connectivity index (χ3n) is 6.73. The Morgan fingerprint density at radius 1 is 0.970 bits per heavy atom. The molecule has 0 bridgehead atoms. The molecule has 1 atom stereocenters. The number of nitrogens with one attached hydrogen (secondary N) is 1. The minimum absolute atomic E-state index is 0.204. The van der Waals surface area contributed by atoms with Crippen molar-refractivity contribution in [1.82, 2.24) is 15.0 Å². The van der Waals surface area contributed by atoms with Crippen LogP contribution in [0.5, 0.6) is 0 Å². The Kier molecular flexibility index (Phi) is 6.35. The molecule has 170 valence electrons. The summed E-state index contributed by atoms with van der Waals surface area (Å²) in [6, 6.07) is 12.7. The van der Waals surface area contributed by atoms with Crippen LogP contribution in [0.2, 0.25) is 10.3 Å². The van der Waals surface area contributed by atoms with Crippen molar-refractivity contribution < 1.29 is 4.39 Å². The van der Waals surface area contributed by atoms with Gasteiger partial charge < -0.3 is 5.32 Å². The van der Waals surface area contributed by atoms with Crippen LogP contribution in [-0.4, -0.2) is 21.0 Å². The maximum Gasteiger partial charge on any atom is 0.224 e. The van der Waals surface area contributed by atoms with Gasteiger partial charge in [-0.15, -0.1) is 0 Å². The normalized spacial score (nSPS) is 19.6. The van der Waals surface area contributed by atoms with Crippen LogP contribution in [0.1, 0.15) is 50.5 Å². The van der Waals surface area contributed by atoms with E-state index in [-0.39, 0.29) is 17.1 Å².